The van der Waals surface area contributed by atoms with Crippen LogP contribution in [0, 0.1) is 5.92 Å². The Morgan fingerprint density at radius 3 is 3.12 bits per heavy atom. The molecule has 1 amide bonds. The van der Waals surface area contributed by atoms with E-state index in [1.165, 1.54) is 12.3 Å². The predicted molar refractivity (Wildman–Crippen MR) is 92.0 cm³/mol. The highest BCUT2D eigenvalue weighted by Gasteiger charge is 2.23. The Balaban J connectivity index is 1.50. The number of aromatic nitrogens is 2. The fourth-order valence-corrected chi connectivity index (χ4v) is 3.11. The smallest absolute Gasteiger partial charge is 0.260 e. The summed E-state index contributed by atoms with van der Waals surface area (Å²) in [5, 5.41) is 3.53. The van der Waals surface area contributed by atoms with Crippen molar-refractivity contribution in [2.45, 2.75) is 13.0 Å². The Morgan fingerprint density at radius 2 is 2.33 bits per heavy atom. The van der Waals surface area contributed by atoms with Crippen LogP contribution in [-0.2, 0) is 6.54 Å². The molecule has 0 unspecified atom stereocenters. The molecule has 1 aliphatic heterocycles. The standard InChI is InChI=1S/C17H19ClN4O2/c18-15-9-19-6-3-13(15)11-22-7-4-12(10-22)8-21-17(24)14-2-1-5-20-16(14)23/h1-3,5-6,9,12H,4,7-8,10-11H2,(H,20,23)(H,21,24)/t12-/m0/s1. The van der Waals surface area contributed by atoms with Gasteiger partial charge in [-0.05, 0) is 42.6 Å². The zero-order valence-electron chi connectivity index (χ0n) is 13.2. The fraction of sp³-hybridized carbons (Fsp3) is 0.353. The molecule has 2 aromatic rings. The first kappa shape index (κ1) is 16.7. The van der Waals surface area contributed by atoms with Gasteiger partial charge in [0, 0.05) is 38.2 Å². The van der Waals surface area contributed by atoms with Gasteiger partial charge in [0.15, 0.2) is 0 Å². The lowest BCUT2D eigenvalue weighted by Gasteiger charge is -2.17. The molecule has 0 radical (unpaired) electrons. The number of likely N-dealkylation sites (tertiary alicyclic amines) is 1. The van der Waals surface area contributed by atoms with Crippen molar-refractivity contribution in [2.75, 3.05) is 19.6 Å². The molecule has 24 heavy (non-hydrogen) atoms. The molecule has 1 saturated heterocycles. The Labute approximate surface area is 144 Å². The fourth-order valence-electron chi connectivity index (χ4n) is 2.93. The Bertz CT molecular complexity index is 777. The average molecular weight is 347 g/mol. The Morgan fingerprint density at radius 1 is 1.46 bits per heavy atom. The molecule has 0 bridgehead atoms. The average Bonchev–Trinajstić information content (AvgIpc) is 3.03. The summed E-state index contributed by atoms with van der Waals surface area (Å²) in [7, 11) is 0. The van der Waals surface area contributed by atoms with Crippen molar-refractivity contribution in [2.24, 2.45) is 5.92 Å². The van der Waals surface area contributed by atoms with Crippen molar-refractivity contribution in [1.29, 1.82) is 0 Å². The predicted octanol–water partition coefficient (Wildman–Crippen LogP) is 1.68. The van der Waals surface area contributed by atoms with Crippen molar-refractivity contribution in [1.82, 2.24) is 20.2 Å². The zero-order chi connectivity index (χ0) is 16.9. The molecule has 0 aliphatic carbocycles. The number of H-pyrrole nitrogens is 1. The van der Waals surface area contributed by atoms with Crippen molar-refractivity contribution in [3.8, 4) is 0 Å². The van der Waals surface area contributed by atoms with E-state index in [0.29, 0.717) is 17.5 Å². The highest BCUT2D eigenvalue weighted by molar-refractivity contribution is 6.31. The zero-order valence-corrected chi connectivity index (χ0v) is 13.9. The third-order valence-corrected chi connectivity index (χ3v) is 4.57. The van der Waals surface area contributed by atoms with Gasteiger partial charge in [0.05, 0.1) is 5.02 Å². The van der Waals surface area contributed by atoms with E-state index in [9.17, 15) is 9.59 Å². The summed E-state index contributed by atoms with van der Waals surface area (Å²) in [5.41, 5.74) is 0.846. The number of aromatic amines is 1. The van der Waals surface area contributed by atoms with E-state index in [2.05, 4.69) is 20.2 Å². The normalized spacial score (nSPS) is 17.8. The third-order valence-electron chi connectivity index (χ3n) is 4.23. The SMILES string of the molecule is O=C(NC[C@@H]1CCN(Cc2ccncc2Cl)C1)c1ccc[nH]c1=O. The van der Waals surface area contributed by atoms with Crippen LogP contribution in [0.2, 0.25) is 5.02 Å². The second-order valence-corrected chi connectivity index (χ2v) is 6.39. The number of rotatable bonds is 5. The van der Waals surface area contributed by atoms with Gasteiger partial charge in [-0.2, -0.15) is 0 Å². The van der Waals surface area contributed by atoms with Crippen LogP contribution >= 0.6 is 11.6 Å². The summed E-state index contributed by atoms with van der Waals surface area (Å²) in [5.74, 6) is 0.0461. The highest BCUT2D eigenvalue weighted by Crippen LogP contribution is 2.21. The van der Waals surface area contributed by atoms with Gasteiger partial charge in [-0.1, -0.05) is 11.6 Å². The molecule has 0 saturated carbocycles. The quantitative estimate of drug-likeness (QED) is 0.863. The number of nitrogens with one attached hydrogen (secondary N) is 2. The minimum atomic E-state index is -0.365. The van der Waals surface area contributed by atoms with Crippen molar-refractivity contribution >= 4 is 17.5 Å². The van der Waals surface area contributed by atoms with Crippen LogP contribution in [0.4, 0.5) is 0 Å². The summed E-state index contributed by atoms with van der Waals surface area (Å²) in [6.45, 7) is 3.20. The van der Waals surface area contributed by atoms with Crippen LogP contribution in [0.3, 0.4) is 0 Å². The monoisotopic (exact) mass is 346 g/mol. The van der Waals surface area contributed by atoms with Gasteiger partial charge in [-0.15, -0.1) is 0 Å². The highest BCUT2D eigenvalue weighted by atomic mass is 35.5. The van der Waals surface area contributed by atoms with E-state index in [1.807, 2.05) is 6.07 Å². The largest absolute Gasteiger partial charge is 0.352 e. The molecule has 2 aromatic heterocycles. The van der Waals surface area contributed by atoms with E-state index >= 15 is 0 Å². The maximum absolute atomic E-state index is 12.1. The summed E-state index contributed by atoms with van der Waals surface area (Å²) in [6, 6.07) is 5.10. The van der Waals surface area contributed by atoms with E-state index in [-0.39, 0.29) is 17.0 Å². The van der Waals surface area contributed by atoms with Crippen molar-refractivity contribution in [3.63, 3.8) is 0 Å². The lowest BCUT2D eigenvalue weighted by molar-refractivity contribution is 0.0945. The first-order valence-electron chi connectivity index (χ1n) is 7.90. The van der Waals surface area contributed by atoms with Gasteiger partial charge in [0.1, 0.15) is 5.56 Å². The molecule has 1 fully saturated rings. The van der Waals surface area contributed by atoms with Crippen LogP contribution in [-0.4, -0.2) is 40.4 Å². The number of hydrogen-bond acceptors (Lipinski definition) is 4. The van der Waals surface area contributed by atoms with Crippen LogP contribution in [0.25, 0.3) is 0 Å². The lowest BCUT2D eigenvalue weighted by atomic mass is 10.1. The number of halogens is 1. The minimum absolute atomic E-state index is 0.149. The maximum atomic E-state index is 12.1. The first-order valence-corrected chi connectivity index (χ1v) is 8.28. The van der Waals surface area contributed by atoms with Crippen LogP contribution in [0.15, 0.2) is 41.6 Å². The first-order chi connectivity index (χ1) is 11.6. The summed E-state index contributed by atoms with van der Waals surface area (Å²) in [6.07, 6.45) is 5.92. The van der Waals surface area contributed by atoms with Crippen molar-refractivity contribution in [3.05, 3.63) is 63.3 Å². The number of nitrogens with zero attached hydrogens (tertiary/aromatic N) is 2. The summed E-state index contributed by atoms with van der Waals surface area (Å²) in [4.78, 5) is 32.5. The van der Waals surface area contributed by atoms with Gasteiger partial charge >= 0.3 is 0 Å². The molecule has 3 rings (SSSR count). The number of carbonyl (C=O) groups is 1. The molecule has 2 N–H and O–H groups in total. The number of hydrogen-bond donors (Lipinski definition) is 2. The molecular formula is C17H19ClN4O2. The van der Waals surface area contributed by atoms with Crippen molar-refractivity contribution < 1.29 is 4.79 Å². The molecule has 0 spiro atoms. The van der Waals surface area contributed by atoms with E-state index < -0.39 is 0 Å². The Kier molecular flexibility index (Phi) is 5.27. The van der Waals surface area contributed by atoms with Gasteiger partial charge in [0.2, 0.25) is 0 Å². The molecule has 7 heteroatoms. The number of amides is 1. The summed E-state index contributed by atoms with van der Waals surface area (Å²) >= 11 is 6.15. The lowest BCUT2D eigenvalue weighted by Crippen LogP contribution is -2.34. The topological polar surface area (TPSA) is 78.1 Å². The summed E-state index contributed by atoms with van der Waals surface area (Å²) < 4.78 is 0. The molecular weight excluding hydrogens is 328 g/mol. The third kappa shape index (κ3) is 4.01. The second kappa shape index (κ2) is 7.59. The van der Waals surface area contributed by atoms with Crippen LogP contribution in [0.1, 0.15) is 22.3 Å². The molecule has 3 heterocycles. The molecule has 6 nitrogen and oxygen atoms in total. The molecule has 1 atom stereocenters. The second-order valence-electron chi connectivity index (χ2n) is 5.98. The number of carbonyl (C=O) groups excluding carboxylic acids is 1. The van der Waals surface area contributed by atoms with E-state index in [4.69, 9.17) is 11.6 Å². The maximum Gasteiger partial charge on any atom is 0.260 e. The van der Waals surface area contributed by atoms with E-state index in [1.54, 1.807) is 18.5 Å². The van der Waals surface area contributed by atoms with E-state index in [0.717, 1.165) is 31.6 Å². The van der Waals surface area contributed by atoms with Gasteiger partial charge in [0.25, 0.3) is 11.5 Å². The minimum Gasteiger partial charge on any atom is -0.352 e. The Hall–Kier alpha value is -2.18. The number of pyridine rings is 2. The molecule has 126 valence electrons. The van der Waals surface area contributed by atoms with Crippen LogP contribution < -0.4 is 10.9 Å². The van der Waals surface area contributed by atoms with Gasteiger partial charge in [-0.3, -0.25) is 19.5 Å². The molecule has 0 aromatic carbocycles. The van der Waals surface area contributed by atoms with Crippen LogP contribution in [0.5, 0.6) is 0 Å². The van der Waals surface area contributed by atoms with Gasteiger partial charge in [-0.25, -0.2) is 0 Å². The van der Waals surface area contributed by atoms with Gasteiger partial charge < -0.3 is 10.3 Å². The molecule has 1 aliphatic rings.